The average molecular weight is 291 g/mol. The van der Waals surface area contributed by atoms with Crippen molar-refractivity contribution in [2.75, 3.05) is 0 Å². The second-order valence-electron chi connectivity index (χ2n) is 5.28. The summed E-state index contributed by atoms with van der Waals surface area (Å²) in [6.07, 6.45) is 5.57. The summed E-state index contributed by atoms with van der Waals surface area (Å²) in [5.41, 5.74) is 1.13. The normalized spacial score (nSPS) is 14.3. The molecule has 0 aromatic carbocycles. The second kappa shape index (κ2) is 7.60. The molecule has 0 aliphatic carbocycles. The van der Waals surface area contributed by atoms with E-state index in [1.54, 1.807) is 0 Å². The van der Waals surface area contributed by atoms with Gasteiger partial charge in [-0.2, -0.15) is 5.10 Å². The maximum Gasteiger partial charge on any atom is 0.0762 e. The van der Waals surface area contributed by atoms with Crippen molar-refractivity contribution >= 4 is 11.3 Å². The van der Waals surface area contributed by atoms with Crippen LogP contribution >= 0.6 is 11.3 Å². The first kappa shape index (κ1) is 15.3. The van der Waals surface area contributed by atoms with E-state index in [1.165, 1.54) is 17.7 Å². The predicted molar refractivity (Wildman–Crippen MR) is 86.0 cm³/mol. The monoisotopic (exact) mass is 291 g/mol. The SMILES string of the molecule is CCCC(NCc1ccn(C(C)CC)n1)c1cccs1. The van der Waals surface area contributed by atoms with E-state index >= 15 is 0 Å². The number of nitrogens with zero attached hydrogens (tertiary/aromatic N) is 2. The zero-order chi connectivity index (χ0) is 14.4. The molecule has 2 rings (SSSR count). The van der Waals surface area contributed by atoms with Gasteiger partial charge < -0.3 is 5.32 Å². The summed E-state index contributed by atoms with van der Waals surface area (Å²) >= 11 is 1.83. The van der Waals surface area contributed by atoms with Gasteiger partial charge >= 0.3 is 0 Å². The molecule has 20 heavy (non-hydrogen) atoms. The van der Waals surface area contributed by atoms with Crippen LogP contribution in [0.25, 0.3) is 0 Å². The van der Waals surface area contributed by atoms with Crippen molar-refractivity contribution in [1.29, 1.82) is 0 Å². The van der Waals surface area contributed by atoms with Crippen molar-refractivity contribution in [3.63, 3.8) is 0 Å². The molecular weight excluding hydrogens is 266 g/mol. The quantitative estimate of drug-likeness (QED) is 0.773. The highest BCUT2D eigenvalue weighted by molar-refractivity contribution is 7.10. The third-order valence-corrected chi connectivity index (χ3v) is 4.69. The molecule has 2 aromatic rings. The van der Waals surface area contributed by atoms with E-state index in [1.807, 2.05) is 11.3 Å². The summed E-state index contributed by atoms with van der Waals surface area (Å²) in [7, 11) is 0. The molecule has 0 amide bonds. The number of rotatable bonds is 8. The van der Waals surface area contributed by atoms with Gasteiger partial charge in [0.1, 0.15) is 0 Å². The summed E-state index contributed by atoms with van der Waals surface area (Å²) in [6.45, 7) is 7.47. The zero-order valence-corrected chi connectivity index (χ0v) is 13.5. The van der Waals surface area contributed by atoms with Gasteiger partial charge in [0.2, 0.25) is 0 Å². The molecular formula is C16H25N3S. The van der Waals surface area contributed by atoms with Crippen LogP contribution in [0.3, 0.4) is 0 Å². The lowest BCUT2D eigenvalue weighted by Gasteiger charge is -2.16. The number of hydrogen-bond acceptors (Lipinski definition) is 3. The smallest absolute Gasteiger partial charge is 0.0762 e. The van der Waals surface area contributed by atoms with E-state index in [0.717, 1.165) is 18.7 Å². The molecule has 0 saturated carbocycles. The fourth-order valence-corrected chi connectivity index (χ4v) is 3.09. The Morgan fingerprint density at radius 3 is 2.85 bits per heavy atom. The van der Waals surface area contributed by atoms with Gasteiger partial charge in [0, 0.05) is 29.7 Å². The highest BCUT2D eigenvalue weighted by atomic mass is 32.1. The lowest BCUT2D eigenvalue weighted by atomic mass is 10.1. The zero-order valence-electron chi connectivity index (χ0n) is 12.7. The topological polar surface area (TPSA) is 29.9 Å². The Balaban J connectivity index is 1.94. The second-order valence-corrected chi connectivity index (χ2v) is 6.26. The Morgan fingerprint density at radius 2 is 2.20 bits per heavy atom. The first-order valence-electron chi connectivity index (χ1n) is 7.55. The van der Waals surface area contributed by atoms with Crippen molar-refractivity contribution < 1.29 is 0 Å². The number of hydrogen-bond donors (Lipinski definition) is 1. The number of thiophene rings is 1. The van der Waals surface area contributed by atoms with Crippen molar-refractivity contribution in [2.45, 2.75) is 58.7 Å². The fourth-order valence-electron chi connectivity index (χ4n) is 2.26. The van der Waals surface area contributed by atoms with Gasteiger partial charge in [-0.25, -0.2) is 0 Å². The standard InChI is InChI=1S/C16H25N3S/c1-4-7-15(16-8-6-11-20-16)17-12-14-9-10-19(18-14)13(3)5-2/h6,8-11,13,15,17H,4-5,7,12H2,1-3H3. The Bertz CT molecular complexity index is 490. The average Bonchev–Trinajstić information content (AvgIpc) is 3.13. The molecule has 2 atom stereocenters. The van der Waals surface area contributed by atoms with Gasteiger partial charge in [0.15, 0.2) is 0 Å². The lowest BCUT2D eigenvalue weighted by molar-refractivity contribution is 0.460. The van der Waals surface area contributed by atoms with Gasteiger partial charge in [0.25, 0.3) is 0 Å². The van der Waals surface area contributed by atoms with Crippen molar-refractivity contribution in [3.8, 4) is 0 Å². The molecule has 0 spiro atoms. The summed E-state index contributed by atoms with van der Waals surface area (Å²) in [6, 6.07) is 7.40. The van der Waals surface area contributed by atoms with E-state index in [0.29, 0.717) is 12.1 Å². The maximum atomic E-state index is 4.65. The van der Waals surface area contributed by atoms with Crippen molar-refractivity contribution in [2.24, 2.45) is 0 Å². The largest absolute Gasteiger partial charge is 0.303 e. The van der Waals surface area contributed by atoms with Crippen LogP contribution in [0.5, 0.6) is 0 Å². The van der Waals surface area contributed by atoms with Crippen molar-refractivity contribution in [1.82, 2.24) is 15.1 Å². The molecule has 3 nitrogen and oxygen atoms in total. The highest BCUT2D eigenvalue weighted by Crippen LogP contribution is 2.23. The van der Waals surface area contributed by atoms with Gasteiger partial charge in [0.05, 0.1) is 5.69 Å². The Morgan fingerprint density at radius 1 is 1.35 bits per heavy atom. The predicted octanol–water partition coefficient (Wildman–Crippen LogP) is 4.55. The molecule has 0 radical (unpaired) electrons. The molecule has 4 heteroatoms. The molecule has 2 unspecified atom stereocenters. The van der Waals surface area contributed by atoms with Gasteiger partial charge in [-0.05, 0) is 37.3 Å². The van der Waals surface area contributed by atoms with Crippen LogP contribution in [0.4, 0.5) is 0 Å². The molecule has 2 heterocycles. The molecule has 0 saturated heterocycles. The van der Waals surface area contributed by atoms with E-state index in [9.17, 15) is 0 Å². The molecule has 2 aromatic heterocycles. The molecule has 1 N–H and O–H groups in total. The number of aromatic nitrogens is 2. The van der Waals surface area contributed by atoms with E-state index in [4.69, 9.17) is 0 Å². The van der Waals surface area contributed by atoms with Gasteiger partial charge in [-0.3, -0.25) is 4.68 Å². The first-order valence-corrected chi connectivity index (χ1v) is 8.43. The summed E-state index contributed by atoms with van der Waals surface area (Å²) in [5.74, 6) is 0. The summed E-state index contributed by atoms with van der Waals surface area (Å²) in [5, 5.41) is 10.4. The minimum absolute atomic E-state index is 0.453. The molecule has 0 fully saturated rings. The van der Waals surface area contributed by atoms with Crippen LogP contribution in [0, 0.1) is 0 Å². The Kier molecular flexibility index (Phi) is 5.80. The van der Waals surface area contributed by atoms with Crippen LogP contribution in [-0.2, 0) is 6.54 Å². The Hall–Kier alpha value is -1.13. The van der Waals surface area contributed by atoms with E-state index in [-0.39, 0.29) is 0 Å². The third kappa shape index (κ3) is 3.93. The van der Waals surface area contributed by atoms with Crippen LogP contribution in [0.1, 0.15) is 62.7 Å². The number of nitrogens with one attached hydrogen (secondary N) is 1. The molecule has 0 aliphatic rings. The highest BCUT2D eigenvalue weighted by Gasteiger charge is 2.12. The van der Waals surface area contributed by atoms with Crippen LogP contribution < -0.4 is 5.32 Å². The minimum Gasteiger partial charge on any atom is -0.303 e. The summed E-state index contributed by atoms with van der Waals surface area (Å²) < 4.78 is 2.07. The molecule has 0 bridgehead atoms. The van der Waals surface area contributed by atoms with Gasteiger partial charge in [-0.1, -0.05) is 26.3 Å². The van der Waals surface area contributed by atoms with Gasteiger partial charge in [-0.15, -0.1) is 11.3 Å². The first-order chi connectivity index (χ1) is 9.74. The third-order valence-electron chi connectivity index (χ3n) is 3.70. The van der Waals surface area contributed by atoms with Crippen LogP contribution in [-0.4, -0.2) is 9.78 Å². The molecule has 110 valence electrons. The van der Waals surface area contributed by atoms with E-state index < -0.39 is 0 Å². The Labute approximate surface area is 126 Å². The van der Waals surface area contributed by atoms with Crippen LogP contribution in [0.15, 0.2) is 29.8 Å². The lowest BCUT2D eigenvalue weighted by Crippen LogP contribution is -2.20. The maximum absolute atomic E-state index is 4.65. The molecule has 0 aliphatic heterocycles. The minimum atomic E-state index is 0.453. The fraction of sp³-hybridized carbons (Fsp3) is 0.562. The summed E-state index contributed by atoms with van der Waals surface area (Å²) in [4.78, 5) is 1.42. The van der Waals surface area contributed by atoms with E-state index in [2.05, 4.69) is 65.6 Å². The van der Waals surface area contributed by atoms with Crippen LogP contribution in [0.2, 0.25) is 0 Å². The van der Waals surface area contributed by atoms with Crippen molar-refractivity contribution in [3.05, 3.63) is 40.3 Å².